The first kappa shape index (κ1) is 26.7. The molecule has 1 aliphatic heterocycles. The molecule has 1 saturated heterocycles. The van der Waals surface area contributed by atoms with Gasteiger partial charge in [0, 0.05) is 39.6 Å². The molecule has 0 unspecified atom stereocenters. The Balaban J connectivity index is 1.55. The highest BCUT2D eigenvalue weighted by atomic mass is 32.2. The van der Waals surface area contributed by atoms with E-state index in [0.29, 0.717) is 44.0 Å². The Morgan fingerprint density at radius 3 is 2.22 bits per heavy atom. The SMILES string of the molecule is CC(=O)N1CCN(CCS(=O)(=O)N(Cc2ccc(OC(F)(F)F)cc2)c2ccc3ccccc3c2)CC1. The lowest BCUT2D eigenvalue weighted by Gasteiger charge is -2.34. The van der Waals surface area contributed by atoms with Crippen molar-refractivity contribution < 1.29 is 31.1 Å². The molecule has 198 valence electrons. The average molecular weight is 536 g/mol. The van der Waals surface area contributed by atoms with Gasteiger partial charge in [0.2, 0.25) is 15.9 Å². The van der Waals surface area contributed by atoms with E-state index in [1.54, 1.807) is 17.0 Å². The summed E-state index contributed by atoms with van der Waals surface area (Å²) in [4.78, 5) is 15.3. The number of benzene rings is 3. The maximum atomic E-state index is 13.6. The third-order valence-electron chi connectivity index (χ3n) is 6.32. The summed E-state index contributed by atoms with van der Waals surface area (Å²) in [6.07, 6.45) is -4.81. The number of carbonyl (C=O) groups is 1. The number of anilines is 1. The highest BCUT2D eigenvalue weighted by molar-refractivity contribution is 7.92. The first-order valence-electron chi connectivity index (χ1n) is 11.8. The van der Waals surface area contributed by atoms with Gasteiger partial charge in [-0.05, 0) is 40.6 Å². The third-order valence-corrected chi connectivity index (χ3v) is 8.03. The van der Waals surface area contributed by atoms with Crippen molar-refractivity contribution in [3.63, 3.8) is 0 Å². The lowest BCUT2D eigenvalue weighted by Crippen LogP contribution is -2.49. The molecule has 0 aromatic heterocycles. The molecule has 0 spiro atoms. The first-order valence-corrected chi connectivity index (χ1v) is 13.4. The number of fused-ring (bicyclic) bond motifs is 1. The van der Waals surface area contributed by atoms with Crippen molar-refractivity contribution in [3.8, 4) is 5.75 Å². The number of sulfonamides is 1. The molecule has 4 rings (SSSR count). The molecule has 37 heavy (non-hydrogen) atoms. The third kappa shape index (κ3) is 7.14. The largest absolute Gasteiger partial charge is 0.573 e. The van der Waals surface area contributed by atoms with Gasteiger partial charge in [0.25, 0.3) is 0 Å². The Labute approximate surface area is 214 Å². The van der Waals surface area contributed by atoms with Crippen LogP contribution in [-0.4, -0.2) is 69.0 Å². The van der Waals surface area contributed by atoms with Crippen LogP contribution in [0.4, 0.5) is 18.9 Å². The molecule has 1 aliphatic rings. The van der Waals surface area contributed by atoms with E-state index in [1.165, 1.54) is 35.5 Å². The van der Waals surface area contributed by atoms with Crippen LogP contribution in [0, 0.1) is 0 Å². The molecule has 0 N–H and O–H groups in total. The lowest BCUT2D eigenvalue weighted by molar-refractivity contribution is -0.274. The smallest absolute Gasteiger partial charge is 0.406 e. The molecule has 3 aromatic carbocycles. The zero-order valence-electron chi connectivity index (χ0n) is 20.3. The molecule has 3 aromatic rings. The minimum atomic E-state index is -4.81. The zero-order chi connectivity index (χ0) is 26.6. The van der Waals surface area contributed by atoms with Crippen LogP contribution in [0.15, 0.2) is 66.7 Å². The van der Waals surface area contributed by atoms with Crippen LogP contribution in [0.2, 0.25) is 0 Å². The van der Waals surface area contributed by atoms with Crippen molar-refractivity contribution in [2.75, 3.05) is 42.8 Å². The molecule has 0 atom stereocenters. The van der Waals surface area contributed by atoms with Gasteiger partial charge in [-0.1, -0.05) is 42.5 Å². The van der Waals surface area contributed by atoms with Crippen molar-refractivity contribution in [1.82, 2.24) is 9.80 Å². The average Bonchev–Trinajstić information content (AvgIpc) is 2.86. The Hall–Kier alpha value is -3.31. The van der Waals surface area contributed by atoms with Crippen LogP contribution in [0.1, 0.15) is 12.5 Å². The summed E-state index contributed by atoms with van der Waals surface area (Å²) in [5, 5.41) is 1.83. The van der Waals surface area contributed by atoms with Crippen molar-refractivity contribution in [3.05, 3.63) is 72.3 Å². The Bertz CT molecular complexity index is 1340. The van der Waals surface area contributed by atoms with E-state index in [9.17, 15) is 26.4 Å². The topological polar surface area (TPSA) is 70.2 Å². The number of nitrogens with zero attached hydrogens (tertiary/aromatic N) is 3. The fourth-order valence-corrected chi connectivity index (χ4v) is 5.78. The molecule has 1 fully saturated rings. The Kier molecular flexibility index (Phi) is 7.93. The molecule has 0 bridgehead atoms. The fraction of sp³-hybridized carbons (Fsp3) is 0.346. The highest BCUT2D eigenvalue weighted by Crippen LogP contribution is 2.28. The molecule has 11 heteroatoms. The van der Waals surface area contributed by atoms with Crippen LogP contribution < -0.4 is 9.04 Å². The predicted octanol–water partition coefficient (Wildman–Crippen LogP) is 4.24. The second kappa shape index (κ2) is 11.0. The number of piperazine rings is 1. The number of alkyl halides is 3. The molecule has 7 nitrogen and oxygen atoms in total. The van der Waals surface area contributed by atoms with E-state index in [0.717, 1.165) is 10.8 Å². The minimum absolute atomic E-state index is 0.00130. The number of ether oxygens (including phenoxy) is 1. The number of carbonyl (C=O) groups excluding carboxylic acids is 1. The summed E-state index contributed by atoms with van der Waals surface area (Å²) >= 11 is 0. The summed E-state index contributed by atoms with van der Waals surface area (Å²) in [6.45, 7) is 4.05. The molecule has 0 saturated carbocycles. The van der Waals surface area contributed by atoms with Gasteiger partial charge in [-0.25, -0.2) is 8.42 Å². The fourth-order valence-electron chi connectivity index (χ4n) is 4.29. The Morgan fingerprint density at radius 1 is 0.946 bits per heavy atom. The second-order valence-corrected chi connectivity index (χ2v) is 10.9. The number of halogens is 3. The molecular weight excluding hydrogens is 507 g/mol. The lowest BCUT2D eigenvalue weighted by atomic mass is 10.1. The number of hydrogen-bond donors (Lipinski definition) is 0. The van der Waals surface area contributed by atoms with Crippen LogP contribution >= 0.6 is 0 Å². The second-order valence-electron chi connectivity index (χ2n) is 8.89. The van der Waals surface area contributed by atoms with Crippen LogP contribution in [0.5, 0.6) is 5.75 Å². The Morgan fingerprint density at radius 2 is 1.59 bits per heavy atom. The van der Waals surface area contributed by atoms with Crippen LogP contribution in [-0.2, 0) is 21.4 Å². The quantitative estimate of drug-likeness (QED) is 0.432. The van der Waals surface area contributed by atoms with Gasteiger partial charge in [-0.2, -0.15) is 0 Å². The molecular formula is C26H28F3N3O4S. The predicted molar refractivity (Wildman–Crippen MR) is 136 cm³/mol. The number of amides is 1. The van der Waals surface area contributed by atoms with Crippen molar-refractivity contribution >= 4 is 32.4 Å². The van der Waals surface area contributed by atoms with E-state index in [1.807, 2.05) is 35.2 Å². The van der Waals surface area contributed by atoms with Gasteiger partial charge in [-0.3, -0.25) is 14.0 Å². The van der Waals surface area contributed by atoms with E-state index in [-0.39, 0.29) is 24.0 Å². The summed E-state index contributed by atoms with van der Waals surface area (Å²) in [6, 6.07) is 18.1. The highest BCUT2D eigenvalue weighted by Gasteiger charge is 2.31. The normalized spacial score (nSPS) is 15.1. The van der Waals surface area contributed by atoms with Crippen molar-refractivity contribution in [2.45, 2.75) is 19.8 Å². The molecule has 0 radical (unpaired) electrons. The van der Waals surface area contributed by atoms with Gasteiger partial charge in [0.1, 0.15) is 5.75 Å². The molecule has 0 aliphatic carbocycles. The van der Waals surface area contributed by atoms with Gasteiger partial charge in [0.15, 0.2) is 0 Å². The summed E-state index contributed by atoms with van der Waals surface area (Å²) in [5.74, 6) is -0.516. The molecule has 1 heterocycles. The molecule has 1 amide bonds. The van der Waals surface area contributed by atoms with Crippen molar-refractivity contribution in [1.29, 1.82) is 0 Å². The maximum absolute atomic E-state index is 13.6. The van der Waals surface area contributed by atoms with E-state index in [4.69, 9.17) is 0 Å². The van der Waals surface area contributed by atoms with Crippen molar-refractivity contribution in [2.24, 2.45) is 0 Å². The summed E-state index contributed by atoms with van der Waals surface area (Å²) < 4.78 is 70.0. The zero-order valence-corrected chi connectivity index (χ0v) is 21.1. The first-order chi connectivity index (χ1) is 17.5. The van der Waals surface area contributed by atoms with Crippen LogP contribution in [0.25, 0.3) is 10.8 Å². The van der Waals surface area contributed by atoms with E-state index >= 15 is 0 Å². The monoisotopic (exact) mass is 535 g/mol. The van der Waals surface area contributed by atoms with E-state index in [2.05, 4.69) is 4.74 Å². The van der Waals surface area contributed by atoms with Gasteiger partial charge >= 0.3 is 6.36 Å². The number of rotatable bonds is 8. The van der Waals surface area contributed by atoms with E-state index < -0.39 is 16.4 Å². The van der Waals surface area contributed by atoms with Gasteiger partial charge in [-0.15, -0.1) is 13.2 Å². The van der Waals surface area contributed by atoms with Gasteiger partial charge in [0.05, 0.1) is 18.0 Å². The standard InChI is InChI=1S/C26H28F3N3O4S/c1-20(33)31-14-12-30(13-15-31)16-17-37(34,35)32(24-9-8-22-4-2-3-5-23(22)18-24)19-21-6-10-25(11-7-21)36-26(27,28)29/h2-11,18H,12-17,19H2,1H3. The van der Waals surface area contributed by atoms with Gasteiger partial charge < -0.3 is 9.64 Å². The van der Waals surface area contributed by atoms with Crippen LogP contribution in [0.3, 0.4) is 0 Å². The minimum Gasteiger partial charge on any atom is -0.406 e. The number of hydrogen-bond acceptors (Lipinski definition) is 5. The summed E-state index contributed by atoms with van der Waals surface area (Å²) in [7, 11) is -3.81. The summed E-state index contributed by atoms with van der Waals surface area (Å²) in [5.41, 5.74) is 0.983. The maximum Gasteiger partial charge on any atom is 0.573 e.